The van der Waals surface area contributed by atoms with Gasteiger partial charge in [-0.1, -0.05) is 4.49 Å². The van der Waals surface area contributed by atoms with E-state index in [-0.39, 0.29) is 12.7 Å². The number of nitrogens with zero attached hydrogens (tertiary/aromatic N) is 2. The molecule has 1 aliphatic heterocycles. The van der Waals surface area contributed by atoms with Crippen LogP contribution in [0.4, 0.5) is 0 Å². The maximum Gasteiger partial charge on any atom is 0.261 e. The van der Waals surface area contributed by atoms with Gasteiger partial charge in [0.1, 0.15) is 5.75 Å². The number of rotatable bonds is 5. The molecule has 1 aliphatic rings. The summed E-state index contributed by atoms with van der Waals surface area (Å²) in [5.74, 6) is 1.65. The predicted molar refractivity (Wildman–Crippen MR) is 79.1 cm³/mol. The second-order valence-electron chi connectivity index (χ2n) is 4.77. The second kappa shape index (κ2) is 6.18. The molecule has 1 amide bonds. The van der Waals surface area contributed by atoms with E-state index in [1.54, 1.807) is 25.1 Å². The van der Waals surface area contributed by atoms with Crippen LogP contribution in [-0.4, -0.2) is 28.4 Å². The van der Waals surface area contributed by atoms with Gasteiger partial charge in [-0.25, -0.2) is 0 Å². The van der Waals surface area contributed by atoms with Crippen LogP contribution in [0.1, 0.15) is 17.5 Å². The fraction of sp³-hybridized carbons (Fsp3) is 0.357. The van der Waals surface area contributed by atoms with E-state index in [0.717, 1.165) is 10.6 Å². The van der Waals surface area contributed by atoms with Crippen LogP contribution in [0.25, 0.3) is 0 Å². The van der Waals surface area contributed by atoms with Crippen LogP contribution in [0.3, 0.4) is 0 Å². The first-order valence-corrected chi connectivity index (χ1v) is 7.52. The standard InChI is InChI=1S/C14H15N3O4S/c1-8-13(22-17-16-8)6-15-14(18)9(2)21-10-3-4-11-12(5-10)20-7-19-11/h3-5,9H,6-7H2,1-2H3,(H,15,18)/t9-/m1/s1. The van der Waals surface area contributed by atoms with E-state index in [0.29, 0.717) is 23.8 Å². The van der Waals surface area contributed by atoms with Crippen LogP contribution in [-0.2, 0) is 11.3 Å². The van der Waals surface area contributed by atoms with Gasteiger partial charge >= 0.3 is 0 Å². The Morgan fingerprint density at radius 2 is 2.27 bits per heavy atom. The number of nitrogens with one attached hydrogen (secondary N) is 1. The SMILES string of the molecule is Cc1nnsc1CNC(=O)[C@@H](C)Oc1ccc2c(c1)OCO2. The molecular weight excluding hydrogens is 306 g/mol. The number of benzene rings is 1. The van der Waals surface area contributed by atoms with Gasteiger partial charge in [-0.3, -0.25) is 4.79 Å². The van der Waals surface area contributed by atoms with Crippen molar-refractivity contribution in [2.75, 3.05) is 6.79 Å². The highest BCUT2D eigenvalue weighted by Gasteiger charge is 2.18. The molecule has 0 saturated heterocycles. The molecular formula is C14H15N3O4S. The van der Waals surface area contributed by atoms with Gasteiger partial charge in [0.25, 0.3) is 5.91 Å². The summed E-state index contributed by atoms with van der Waals surface area (Å²) in [5.41, 5.74) is 0.828. The van der Waals surface area contributed by atoms with E-state index in [1.165, 1.54) is 11.5 Å². The Hall–Kier alpha value is -2.35. The monoisotopic (exact) mass is 321 g/mol. The van der Waals surface area contributed by atoms with Crippen molar-refractivity contribution in [2.24, 2.45) is 0 Å². The van der Waals surface area contributed by atoms with Crippen molar-refractivity contribution in [1.82, 2.24) is 14.9 Å². The van der Waals surface area contributed by atoms with E-state index < -0.39 is 6.10 Å². The summed E-state index contributed by atoms with van der Waals surface area (Å²) in [7, 11) is 0. The molecule has 0 radical (unpaired) electrons. The maximum atomic E-state index is 12.1. The molecule has 2 heterocycles. The lowest BCUT2D eigenvalue weighted by atomic mass is 10.3. The van der Waals surface area contributed by atoms with Crippen molar-refractivity contribution in [3.63, 3.8) is 0 Å². The number of ether oxygens (including phenoxy) is 3. The lowest BCUT2D eigenvalue weighted by Gasteiger charge is -2.14. The molecule has 0 spiro atoms. The van der Waals surface area contributed by atoms with Gasteiger partial charge in [0.2, 0.25) is 6.79 Å². The number of amides is 1. The zero-order chi connectivity index (χ0) is 15.5. The van der Waals surface area contributed by atoms with Gasteiger partial charge in [0, 0.05) is 6.07 Å². The highest BCUT2D eigenvalue weighted by Crippen LogP contribution is 2.35. The van der Waals surface area contributed by atoms with Crippen LogP contribution >= 0.6 is 11.5 Å². The smallest absolute Gasteiger partial charge is 0.261 e. The van der Waals surface area contributed by atoms with Crippen LogP contribution in [0.15, 0.2) is 18.2 Å². The Bertz CT molecular complexity index is 688. The van der Waals surface area contributed by atoms with Crippen LogP contribution in [0, 0.1) is 6.92 Å². The summed E-state index contributed by atoms with van der Waals surface area (Å²) in [5, 5.41) is 6.71. The number of aromatic nitrogens is 2. The van der Waals surface area contributed by atoms with Gasteiger partial charge in [0.15, 0.2) is 17.6 Å². The van der Waals surface area contributed by atoms with E-state index in [9.17, 15) is 4.79 Å². The van der Waals surface area contributed by atoms with Gasteiger partial charge in [-0.05, 0) is 37.5 Å². The van der Waals surface area contributed by atoms with E-state index >= 15 is 0 Å². The van der Waals surface area contributed by atoms with Gasteiger partial charge in [-0.15, -0.1) is 5.10 Å². The summed E-state index contributed by atoms with van der Waals surface area (Å²) >= 11 is 1.27. The van der Waals surface area contributed by atoms with Crippen LogP contribution < -0.4 is 19.5 Å². The third-order valence-corrected chi connectivity index (χ3v) is 4.02. The first-order chi connectivity index (χ1) is 10.6. The lowest BCUT2D eigenvalue weighted by Crippen LogP contribution is -2.35. The maximum absolute atomic E-state index is 12.1. The minimum atomic E-state index is -0.624. The van der Waals surface area contributed by atoms with E-state index in [2.05, 4.69) is 14.9 Å². The first-order valence-electron chi connectivity index (χ1n) is 6.75. The Labute approximate surface area is 131 Å². The average Bonchev–Trinajstić information content (AvgIpc) is 3.13. The molecule has 0 bridgehead atoms. The van der Waals surface area contributed by atoms with Crippen molar-refractivity contribution in [3.05, 3.63) is 28.8 Å². The fourth-order valence-electron chi connectivity index (χ4n) is 1.93. The minimum absolute atomic E-state index is 0.203. The van der Waals surface area contributed by atoms with Crippen molar-refractivity contribution >= 4 is 17.4 Å². The number of hydrogen-bond donors (Lipinski definition) is 1. The molecule has 2 aromatic rings. The molecule has 1 atom stereocenters. The quantitative estimate of drug-likeness (QED) is 0.902. The minimum Gasteiger partial charge on any atom is -0.481 e. The van der Waals surface area contributed by atoms with Gasteiger partial charge < -0.3 is 19.5 Å². The molecule has 3 rings (SSSR count). The zero-order valence-corrected chi connectivity index (χ0v) is 13.0. The molecule has 0 aliphatic carbocycles. The number of carbonyl (C=O) groups excluding carboxylic acids is 1. The molecule has 1 N–H and O–H groups in total. The molecule has 0 fully saturated rings. The second-order valence-corrected chi connectivity index (χ2v) is 5.61. The number of carbonyl (C=O) groups is 1. The van der Waals surface area contributed by atoms with Crippen LogP contribution in [0.5, 0.6) is 17.2 Å². The summed E-state index contributed by atoms with van der Waals surface area (Å²) in [6.07, 6.45) is -0.624. The van der Waals surface area contributed by atoms with Crippen LogP contribution in [0.2, 0.25) is 0 Å². The van der Waals surface area contributed by atoms with E-state index in [1.807, 2.05) is 6.92 Å². The summed E-state index contributed by atoms with van der Waals surface area (Å²) < 4.78 is 20.0. The largest absolute Gasteiger partial charge is 0.481 e. The average molecular weight is 321 g/mol. The lowest BCUT2D eigenvalue weighted by molar-refractivity contribution is -0.127. The van der Waals surface area contributed by atoms with Crippen molar-refractivity contribution < 1.29 is 19.0 Å². The number of hydrogen-bond acceptors (Lipinski definition) is 7. The Balaban J connectivity index is 1.56. The molecule has 8 heteroatoms. The van der Waals surface area contributed by atoms with Crippen molar-refractivity contribution in [3.8, 4) is 17.2 Å². The Morgan fingerprint density at radius 1 is 1.45 bits per heavy atom. The number of aryl methyl sites for hydroxylation is 1. The normalized spacial score (nSPS) is 13.7. The number of fused-ring (bicyclic) bond motifs is 1. The molecule has 1 aromatic heterocycles. The molecule has 116 valence electrons. The zero-order valence-electron chi connectivity index (χ0n) is 12.2. The summed E-state index contributed by atoms with van der Waals surface area (Å²) in [6.45, 7) is 4.16. The Morgan fingerprint density at radius 3 is 3.05 bits per heavy atom. The topological polar surface area (TPSA) is 82.6 Å². The summed E-state index contributed by atoms with van der Waals surface area (Å²) in [6, 6.07) is 5.21. The molecule has 22 heavy (non-hydrogen) atoms. The van der Waals surface area contributed by atoms with Crippen molar-refractivity contribution in [1.29, 1.82) is 0 Å². The molecule has 7 nitrogen and oxygen atoms in total. The third-order valence-electron chi connectivity index (χ3n) is 3.19. The summed E-state index contributed by atoms with van der Waals surface area (Å²) in [4.78, 5) is 13.0. The van der Waals surface area contributed by atoms with Gasteiger partial charge in [0.05, 0.1) is 17.1 Å². The Kier molecular flexibility index (Phi) is 4.10. The highest BCUT2D eigenvalue weighted by atomic mass is 32.1. The third kappa shape index (κ3) is 3.11. The molecule has 1 aromatic carbocycles. The van der Waals surface area contributed by atoms with Crippen molar-refractivity contribution in [2.45, 2.75) is 26.5 Å². The highest BCUT2D eigenvalue weighted by molar-refractivity contribution is 7.05. The van der Waals surface area contributed by atoms with E-state index in [4.69, 9.17) is 14.2 Å². The molecule has 0 saturated carbocycles. The molecule has 0 unspecified atom stereocenters. The fourth-order valence-corrected chi connectivity index (χ4v) is 2.50. The first kappa shape index (κ1) is 14.6. The van der Waals surface area contributed by atoms with Gasteiger partial charge in [-0.2, -0.15) is 0 Å². The predicted octanol–water partition coefficient (Wildman–Crippen LogP) is 1.66.